The number of aliphatic carboxylic acids is 2. The molecular weight excluding hydrogens is 328 g/mol. The van der Waals surface area contributed by atoms with Crippen LogP contribution in [0.5, 0.6) is 5.75 Å². The Morgan fingerprint density at radius 3 is 1.76 bits per heavy atom. The normalized spacial score (nSPS) is 13.9. The van der Waals surface area contributed by atoms with E-state index >= 15 is 0 Å². The molecule has 0 aliphatic carbocycles. The fraction of sp³-hybridized carbons (Fsp3) is 0.222. The summed E-state index contributed by atoms with van der Waals surface area (Å²) in [5, 5.41) is 29.1. The van der Waals surface area contributed by atoms with Crippen LogP contribution in [0.2, 0.25) is 0 Å². The van der Waals surface area contributed by atoms with Gasteiger partial charge in [0.2, 0.25) is 6.10 Å². The molecule has 2 aromatic carbocycles. The summed E-state index contributed by atoms with van der Waals surface area (Å²) in [5.41, 5.74) is -0.638. The number of aliphatic hydroxyl groups excluding tert-OH is 1. The second kappa shape index (κ2) is 7.78. The monoisotopic (exact) mass is 348 g/mol. The van der Waals surface area contributed by atoms with Gasteiger partial charge < -0.3 is 25.5 Å². The molecule has 0 unspecified atom stereocenters. The van der Waals surface area contributed by atoms with Crippen LogP contribution in [0.15, 0.2) is 48.5 Å². The Morgan fingerprint density at radius 1 is 0.920 bits per heavy atom. The Labute approximate surface area is 144 Å². The lowest BCUT2D eigenvalue weighted by Gasteiger charge is -2.33. The number of ether oxygens (including phenoxy) is 1. The minimum absolute atomic E-state index is 0. The molecule has 0 radical (unpaired) electrons. The van der Waals surface area contributed by atoms with E-state index in [1.165, 1.54) is 24.3 Å². The van der Waals surface area contributed by atoms with Crippen LogP contribution in [-0.2, 0) is 15.2 Å². The van der Waals surface area contributed by atoms with Gasteiger partial charge in [-0.25, -0.2) is 9.59 Å². The SMILES string of the molecule is Cc1ccc(O[C@](C(=O)O)(c2ccc(C)cc2)[C@@H](O)C(=O)O)cc1.O. The van der Waals surface area contributed by atoms with Gasteiger partial charge >= 0.3 is 11.9 Å². The van der Waals surface area contributed by atoms with E-state index in [-0.39, 0.29) is 16.8 Å². The van der Waals surface area contributed by atoms with Crippen molar-refractivity contribution in [1.29, 1.82) is 0 Å². The van der Waals surface area contributed by atoms with Crippen LogP contribution in [0.4, 0.5) is 0 Å². The molecule has 0 amide bonds. The quantitative estimate of drug-likeness (QED) is 0.719. The third-order valence-electron chi connectivity index (χ3n) is 3.72. The van der Waals surface area contributed by atoms with E-state index in [1.54, 1.807) is 31.2 Å². The lowest BCUT2D eigenvalue weighted by Crippen LogP contribution is -2.54. The largest absolute Gasteiger partial charge is 0.479 e. The maximum atomic E-state index is 12.0. The molecule has 7 heteroatoms. The number of rotatable bonds is 6. The Morgan fingerprint density at radius 2 is 1.36 bits per heavy atom. The highest BCUT2D eigenvalue weighted by Crippen LogP contribution is 2.33. The molecule has 0 fully saturated rings. The van der Waals surface area contributed by atoms with Crippen LogP contribution in [0.1, 0.15) is 16.7 Å². The number of carboxylic acid groups (broad SMARTS) is 2. The van der Waals surface area contributed by atoms with Crippen molar-refractivity contribution < 1.29 is 35.1 Å². The summed E-state index contributed by atoms with van der Waals surface area (Å²) in [7, 11) is 0. The van der Waals surface area contributed by atoms with Crippen LogP contribution in [0.25, 0.3) is 0 Å². The molecule has 0 bridgehead atoms. The first-order valence-electron chi connectivity index (χ1n) is 7.24. The van der Waals surface area contributed by atoms with Gasteiger partial charge in [0.05, 0.1) is 0 Å². The van der Waals surface area contributed by atoms with Crippen molar-refractivity contribution in [3.63, 3.8) is 0 Å². The first kappa shape index (κ1) is 20.1. The molecule has 0 aliphatic rings. The number of hydrogen-bond acceptors (Lipinski definition) is 4. The van der Waals surface area contributed by atoms with Crippen LogP contribution >= 0.6 is 0 Å². The topological polar surface area (TPSA) is 136 Å². The number of benzene rings is 2. The molecule has 2 aromatic rings. The number of aryl methyl sites for hydroxylation is 2. The molecule has 25 heavy (non-hydrogen) atoms. The van der Waals surface area contributed by atoms with Gasteiger partial charge in [-0.1, -0.05) is 47.5 Å². The van der Waals surface area contributed by atoms with Crippen LogP contribution in [-0.4, -0.2) is 38.8 Å². The van der Waals surface area contributed by atoms with E-state index in [0.29, 0.717) is 0 Å². The van der Waals surface area contributed by atoms with E-state index in [2.05, 4.69) is 0 Å². The van der Waals surface area contributed by atoms with Gasteiger partial charge in [-0.3, -0.25) is 0 Å². The van der Waals surface area contributed by atoms with E-state index in [4.69, 9.17) is 4.74 Å². The highest BCUT2D eigenvalue weighted by molar-refractivity contribution is 5.89. The van der Waals surface area contributed by atoms with Gasteiger partial charge in [0, 0.05) is 5.56 Å². The second-order valence-electron chi connectivity index (χ2n) is 5.56. The van der Waals surface area contributed by atoms with Crippen LogP contribution < -0.4 is 4.74 Å². The molecule has 2 atom stereocenters. The zero-order valence-electron chi connectivity index (χ0n) is 13.8. The Kier molecular flexibility index (Phi) is 6.27. The van der Waals surface area contributed by atoms with Gasteiger partial charge in [0.15, 0.2) is 0 Å². The average Bonchev–Trinajstić information content (AvgIpc) is 2.54. The fourth-order valence-electron chi connectivity index (χ4n) is 2.32. The summed E-state index contributed by atoms with van der Waals surface area (Å²) < 4.78 is 5.54. The third kappa shape index (κ3) is 3.96. The lowest BCUT2D eigenvalue weighted by atomic mass is 9.87. The lowest BCUT2D eigenvalue weighted by molar-refractivity contribution is -0.180. The molecule has 7 nitrogen and oxygen atoms in total. The molecule has 0 saturated carbocycles. The summed E-state index contributed by atoms with van der Waals surface area (Å²) in [5.74, 6) is -3.14. The third-order valence-corrected chi connectivity index (χ3v) is 3.72. The Hall–Kier alpha value is -2.90. The van der Waals surface area contributed by atoms with Crippen molar-refractivity contribution in [2.24, 2.45) is 0 Å². The Bertz CT molecular complexity index is 737. The van der Waals surface area contributed by atoms with Crippen molar-refractivity contribution >= 4 is 11.9 Å². The maximum Gasteiger partial charge on any atom is 0.356 e. The molecule has 0 aromatic heterocycles. The fourth-order valence-corrected chi connectivity index (χ4v) is 2.32. The first-order chi connectivity index (χ1) is 11.3. The predicted molar refractivity (Wildman–Crippen MR) is 89.6 cm³/mol. The molecular formula is C18H20O7. The minimum Gasteiger partial charge on any atom is -0.479 e. The van der Waals surface area contributed by atoms with Crippen molar-refractivity contribution in [2.45, 2.75) is 25.6 Å². The number of hydrogen-bond donors (Lipinski definition) is 3. The first-order valence-corrected chi connectivity index (χ1v) is 7.24. The van der Waals surface area contributed by atoms with Gasteiger partial charge in [-0.2, -0.15) is 0 Å². The molecule has 0 spiro atoms. The van der Waals surface area contributed by atoms with Crippen molar-refractivity contribution in [1.82, 2.24) is 0 Å². The van der Waals surface area contributed by atoms with Gasteiger partial charge in [-0.15, -0.1) is 0 Å². The molecule has 0 aliphatic heterocycles. The second-order valence-corrected chi connectivity index (χ2v) is 5.56. The standard InChI is InChI=1S/C18H18O6.H2O/c1-11-3-7-13(8-4-11)18(17(22)23,15(19)16(20)21)24-14-9-5-12(2)6-10-14;/h3-10,15,19H,1-2H3,(H,20,21)(H,22,23);1H2/t15-,18+;/m0./s1. The smallest absolute Gasteiger partial charge is 0.356 e. The molecule has 134 valence electrons. The van der Waals surface area contributed by atoms with Gasteiger partial charge in [0.1, 0.15) is 5.75 Å². The van der Waals surface area contributed by atoms with Gasteiger partial charge in [-0.05, 0) is 26.0 Å². The van der Waals surface area contributed by atoms with Crippen molar-refractivity contribution in [2.75, 3.05) is 0 Å². The van der Waals surface area contributed by atoms with E-state index in [9.17, 15) is 24.9 Å². The predicted octanol–water partition coefficient (Wildman–Crippen LogP) is 1.28. The van der Waals surface area contributed by atoms with Crippen molar-refractivity contribution in [3.8, 4) is 5.75 Å². The molecule has 0 heterocycles. The zero-order chi connectivity index (χ0) is 17.9. The highest BCUT2D eigenvalue weighted by atomic mass is 16.5. The number of aliphatic hydroxyl groups is 1. The summed E-state index contributed by atoms with van der Waals surface area (Å²) in [6.07, 6.45) is -2.29. The highest BCUT2D eigenvalue weighted by Gasteiger charge is 2.53. The minimum atomic E-state index is -2.46. The zero-order valence-corrected chi connectivity index (χ0v) is 13.8. The average molecular weight is 348 g/mol. The van der Waals surface area contributed by atoms with E-state index in [1.807, 2.05) is 6.92 Å². The molecule has 5 N–H and O–H groups in total. The summed E-state index contributed by atoms with van der Waals surface area (Å²) in [6, 6.07) is 12.6. The van der Waals surface area contributed by atoms with E-state index in [0.717, 1.165) is 11.1 Å². The summed E-state index contributed by atoms with van der Waals surface area (Å²) in [6.45, 7) is 3.65. The number of carboxylic acids is 2. The summed E-state index contributed by atoms with van der Waals surface area (Å²) in [4.78, 5) is 23.3. The van der Waals surface area contributed by atoms with E-state index < -0.39 is 23.6 Å². The molecule has 2 rings (SSSR count). The Balaban J connectivity index is 0.00000312. The maximum absolute atomic E-state index is 12.0. The van der Waals surface area contributed by atoms with Gasteiger partial charge in [0.25, 0.3) is 5.60 Å². The molecule has 0 saturated heterocycles. The van der Waals surface area contributed by atoms with Crippen molar-refractivity contribution in [3.05, 3.63) is 65.2 Å². The van der Waals surface area contributed by atoms with Crippen LogP contribution in [0, 0.1) is 13.8 Å². The van der Waals surface area contributed by atoms with Crippen LogP contribution in [0.3, 0.4) is 0 Å². The summed E-state index contributed by atoms with van der Waals surface area (Å²) >= 11 is 0. The number of carbonyl (C=O) groups is 2.